The molecule has 0 radical (unpaired) electrons. The monoisotopic (exact) mass is 352 g/mol. The minimum Gasteiger partial charge on any atom is -0.479 e. The second-order valence-corrected chi connectivity index (χ2v) is 5.82. The number of ether oxygens (including phenoxy) is 2. The highest BCUT2D eigenvalue weighted by atomic mass is 16.6. The lowest BCUT2D eigenvalue weighted by atomic mass is 10.1. The van der Waals surface area contributed by atoms with Crippen molar-refractivity contribution >= 4 is 17.6 Å². The summed E-state index contributed by atoms with van der Waals surface area (Å²) in [6, 6.07) is 14.1. The van der Waals surface area contributed by atoms with Crippen LogP contribution in [0.3, 0.4) is 0 Å². The molecule has 0 fully saturated rings. The highest BCUT2D eigenvalue weighted by molar-refractivity contribution is 5.94. The van der Waals surface area contributed by atoms with Crippen molar-refractivity contribution in [2.24, 2.45) is 0 Å². The van der Waals surface area contributed by atoms with Gasteiger partial charge in [0.15, 0.2) is 12.7 Å². The Morgan fingerprint density at radius 2 is 1.73 bits per heavy atom. The number of rotatable bonds is 6. The molecule has 0 aliphatic rings. The van der Waals surface area contributed by atoms with Crippen molar-refractivity contribution in [3.8, 4) is 11.8 Å². The number of anilines is 1. The average molecular weight is 352 g/mol. The zero-order valence-electron chi connectivity index (χ0n) is 14.9. The number of amides is 1. The van der Waals surface area contributed by atoms with Crippen molar-refractivity contribution in [1.82, 2.24) is 0 Å². The van der Waals surface area contributed by atoms with Crippen LogP contribution in [-0.4, -0.2) is 24.6 Å². The zero-order valence-corrected chi connectivity index (χ0v) is 14.9. The van der Waals surface area contributed by atoms with Crippen LogP contribution in [0.2, 0.25) is 0 Å². The molecule has 2 rings (SSSR count). The number of aryl methyl sites for hydroxylation is 2. The summed E-state index contributed by atoms with van der Waals surface area (Å²) < 4.78 is 10.5. The van der Waals surface area contributed by atoms with E-state index in [-0.39, 0.29) is 0 Å². The first kappa shape index (κ1) is 19.0. The molecule has 1 amide bonds. The van der Waals surface area contributed by atoms with Crippen LogP contribution in [0.15, 0.2) is 42.5 Å². The van der Waals surface area contributed by atoms with E-state index in [1.165, 1.54) is 6.92 Å². The number of carbonyl (C=O) groups excluding carboxylic acids is 2. The quantitative estimate of drug-likeness (QED) is 0.807. The highest BCUT2D eigenvalue weighted by Crippen LogP contribution is 2.19. The first-order valence-corrected chi connectivity index (χ1v) is 8.10. The van der Waals surface area contributed by atoms with Crippen molar-refractivity contribution in [1.29, 1.82) is 5.26 Å². The summed E-state index contributed by atoms with van der Waals surface area (Å²) in [5.74, 6) is -0.624. The first-order valence-electron chi connectivity index (χ1n) is 8.10. The molecule has 2 aromatic rings. The molecule has 0 aromatic heterocycles. The zero-order chi connectivity index (χ0) is 19.1. The van der Waals surface area contributed by atoms with Gasteiger partial charge in [-0.1, -0.05) is 18.2 Å². The number of nitrogens with one attached hydrogen (secondary N) is 1. The second kappa shape index (κ2) is 8.67. The molecule has 1 atom stereocenters. The molecule has 0 aliphatic heterocycles. The van der Waals surface area contributed by atoms with Crippen molar-refractivity contribution < 1.29 is 19.1 Å². The number of hydrogen-bond donors (Lipinski definition) is 1. The van der Waals surface area contributed by atoms with Gasteiger partial charge in [0, 0.05) is 5.69 Å². The lowest BCUT2D eigenvalue weighted by Crippen LogP contribution is -2.30. The Balaban J connectivity index is 1.85. The van der Waals surface area contributed by atoms with Crippen LogP contribution in [0.25, 0.3) is 0 Å². The minimum absolute atomic E-state index is 0.395. The Morgan fingerprint density at radius 1 is 1.12 bits per heavy atom. The second-order valence-electron chi connectivity index (χ2n) is 5.82. The van der Waals surface area contributed by atoms with Gasteiger partial charge < -0.3 is 14.8 Å². The van der Waals surface area contributed by atoms with Gasteiger partial charge in [0.05, 0.1) is 11.6 Å². The number of para-hydroxylation sites is 1. The smallest absolute Gasteiger partial charge is 0.347 e. The summed E-state index contributed by atoms with van der Waals surface area (Å²) in [6.45, 7) is 4.92. The standard InChI is InChI=1S/C20H20N2O4/c1-13-5-4-6-14(2)19(13)22-18(23)12-25-20(24)15(3)26-17-9-7-16(11-21)8-10-17/h4-10,15H,12H2,1-3H3,(H,22,23)/t15-/m1/s1. The highest BCUT2D eigenvalue weighted by Gasteiger charge is 2.18. The predicted molar refractivity (Wildman–Crippen MR) is 96.8 cm³/mol. The van der Waals surface area contributed by atoms with E-state index in [2.05, 4.69) is 5.32 Å². The third-order valence-corrected chi connectivity index (χ3v) is 3.72. The maximum absolute atomic E-state index is 12.0. The Hall–Kier alpha value is -3.33. The molecule has 0 unspecified atom stereocenters. The molecule has 26 heavy (non-hydrogen) atoms. The van der Waals surface area contributed by atoms with Crippen molar-refractivity contribution in [2.75, 3.05) is 11.9 Å². The maximum Gasteiger partial charge on any atom is 0.347 e. The number of nitrogens with zero attached hydrogens (tertiary/aromatic N) is 1. The van der Waals surface area contributed by atoms with Crippen LogP contribution < -0.4 is 10.1 Å². The summed E-state index contributed by atoms with van der Waals surface area (Å²) >= 11 is 0. The van der Waals surface area contributed by atoms with E-state index < -0.39 is 24.6 Å². The normalized spacial score (nSPS) is 11.2. The molecule has 6 nitrogen and oxygen atoms in total. The van der Waals surface area contributed by atoms with Gasteiger partial charge in [-0.05, 0) is 56.2 Å². The molecule has 0 bridgehead atoms. The SMILES string of the molecule is Cc1cccc(C)c1NC(=O)COC(=O)[C@@H](C)Oc1ccc(C#N)cc1. The van der Waals surface area contributed by atoms with Gasteiger partial charge in [-0.15, -0.1) is 0 Å². The van der Waals surface area contributed by atoms with E-state index in [0.29, 0.717) is 11.3 Å². The number of benzene rings is 2. The third kappa shape index (κ3) is 5.08. The van der Waals surface area contributed by atoms with Crippen LogP contribution in [0.5, 0.6) is 5.75 Å². The molecule has 2 aromatic carbocycles. The largest absolute Gasteiger partial charge is 0.479 e. The third-order valence-electron chi connectivity index (χ3n) is 3.72. The molecule has 0 aliphatic carbocycles. The Labute approximate surface area is 152 Å². The van der Waals surface area contributed by atoms with E-state index in [4.69, 9.17) is 14.7 Å². The van der Waals surface area contributed by atoms with Gasteiger partial charge in [-0.2, -0.15) is 5.26 Å². The summed E-state index contributed by atoms with van der Waals surface area (Å²) in [5.41, 5.74) is 3.08. The fourth-order valence-electron chi connectivity index (χ4n) is 2.30. The van der Waals surface area contributed by atoms with E-state index in [9.17, 15) is 9.59 Å². The van der Waals surface area contributed by atoms with Crippen molar-refractivity contribution in [3.63, 3.8) is 0 Å². The van der Waals surface area contributed by atoms with E-state index in [0.717, 1.165) is 16.8 Å². The van der Waals surface area contributed by atoms with E-state index >= 15 is 0 Å². The number of hydrogen-bond acceptors (Lipinski definition) is 5. The van der Waals surface area contributed by atoms with Crippen LogP contribution >= 0.6 is 0 Å². The lowest BCUT2D eigenvalue weighted by molar-refractivity contribution is -0.153. The molecular weight excluding hydrogens is 332 g/mol. The van der Waals surface area contributed by atoms with Gasteiger partial charge in [0.1, 0.15) is 5.75 Å². The van der Waals surface area contributed by atoms with E-state index in [1.54, 1.807) is 24.3 Å². The van der Waals surface area contributed by atoms with E-state index in [1.807, 2.05) is 38.1 Å². The minimum atomic E-state index is -0.879. The van der Waals surface area contributed by atoms with Gasteiger partial charge >= 0.3 is 5.97 Å². The number of esters is 1. The van der Waals surface area contributed by atoms with Gasteiger partial charge in [0.25, 0.3) is 5.91 Å². The lowest BCUT2D eigenvalue weighted by Gasteiger charge is -2.15. The molecule has 1 N–H and O–H groups in total. The van der Waals surface area contributed by atoms with Crippen LogP contribution in [0, 0.1) is 25.2 Å². The summed E-state index contributed by atoms with van der Waals surface area (Å²) in [5, 5.41) is 11.5. The van der Waals surface area contributed by atoms with Crippen LogP contribution in [0.1, 0.15) is 23.6 Å². The molecule has 0 heterocycles. The molecule has 134 valence electrons. The molecular formula is C20H20N2O4. The molecule has 0 saturated heterocycles. The van der Waals surface area contributed by atoms with Crippen LogP contribution in [-0.2, 0) is 14.3 Å². The Morgan fingerprint density at radius 3 is 2.31 bits per heavy atom. The predicted octanol–water partition coefficient (Wildman–Crippen LogP) is 3.12. The number of nitriles is 1. The van der Waals surface area contributed by atoms with Gasteiger partial charge in [-0.3, -0.25) is 4.79 Å². The molecule has 0 saturated carbocycles. The summed E-state index contributed by atoms with van der Waals surface area (Å²) in [6.07, 6.45) is -0.879. The molecule has 0 spiro atoms. The fourth-order valence-corrected chi connectivity index (χ4v) is 2.30. The Kier molecular flexibility index (Phi) is 6.34. The first-order chi connectivity index (χ1) is 12.4. The van der Waals surface area contributed by atoms with Gasteiger partial charge in [0.2, 0.25) is 0 Å². The van der Waals surface area contributed by atoms with Crippen molar-refractivity contribution in [2.45, 2.75) is 26.9 Å². The average Bonchev–Trinajstić information content (AvgIpc) is 2.63. The topological polar surface area (TPSA) is 88.4 Å². The number of carbonyl (C=O) groups is 2. The Bertz CT molecular complexity index is 818. The maximum atomic E-state index is 12.0. The fraction of sp³-hybridized carbons (Fsp3) is 0.250. The van der Waals surface area contributed by atoms with Crippen molar-refractivity contribution in [3.05, 3.63) is 59.2 Å². The summed E-state index contributed by atoms with van der Waals surface area (Å²) in [4.78, 5) is 24.0. The van der Waals surface area contributed by atoms with Gasteiger partial charge in [-0.25, -0.2) is 4.79 Å². The molecule has 6 heteroatoms. The summed E-state index contributed by atoms with van der Waals surface area (Å²) in [7, 11) is 0. The van der Waals surface area contributed by atoms with Crippen LogP contribution in [0.4, 0.5) is 5.69 Å².